The van der Waals surface area contributed by atoms with E-state index < -0.39 is 12.1 Å². The normalized spacial score (nSPS) is 11.8. The quantitative estimate of drug-likeness (QED) is 0.685. The van der Waals surface area contributed by atoms with Gasteiger partial charge < -0.3 is 9.64 Å². The van der Waals surface area contributed by atoms with Gasteiger partial charge in [-0.3, -0.25) is 14.8 Å². The number of likely N-dealkylation sites (N-methyl/N-ethyl adjacent to an activating group) is 1. The van der Waals surface area contributed by atoms with Crippen molar-refractivity contribution < 1.29 is 14.3 Å². The molecule has 0 unspecified atom stereocenters. The van der Waals surface area contributed by atoms with Crippen LogP contribution in [0.2, 0.25) is 0 Å². The van der Waals surface area contributed by atoms with Gasteiger partial charge in [0.2, 0.25) is 6.10 Å². The maximum Gasteiger partial charge on any atom is 0.339 e. The third kappa shape index (κ3) is 3.63. The fourth-order valence-electron chi connectivity index (χ4n) is 2.39. The minimum Gasteiger partial charge on any atom is -0.444 e. The molecule has 1 heterocycles. The smallest absolute Gasteiger partial charge is 0.339 e. The van der Waals surface area contributed by atoms with Crippen LogP contribution >= 0.6 is 0 Å². The molecule has 0 saturated carbocycles. The Hall–Kier alpha value is -3.28. The number of carbonyl (C=O) groups is 2. The summed E-state index contributed by atoms with van der Waals surface area (Å²) in [5, 5.41) is 0. The lowest BCUT2D eigenvalue weighted by molar-refractivity contribution is -0.138. The van der Waals surface area contributed by atoms with E-state index in [1.165, 1.54) is 4.90 Å². The lowest BCUT2D eigenvalue weighted by Crippen LogP contribution is -2.31. The Morgan fingerprint density at radius 1 is 0.960 bits per heavy atom. The minimum atomic E-state index is -0.999. The summed E-state index contributed by atoms with van der Waals surface area (Å²) >= 11 is 0. The van der Waals surface area contributed by atoms with Crippen LogP contribution in [0.4, 0.5) is 0 Å². The fourth-order valence-corrected chi connectivity index (χ4v) is 2.39. The van der Waals surface area contributed by atoms with E-state index in [1.807, 2.05) is 6.07 Å². The minimum absolute atomic E-state index is 0.305. The van der Waals surface area contributed by atoms with Crippen LogP contribution in [-0.2, 0) is 9.53 Å². The molecule has 25 heavy (non-hydrogen) atoms. The van der Waals surface area contributed by atoms with E-state index in [1.54, 1.807) is 69.0 Å². The SMILES string of the molecule is CN(C)C(=O)[C@@H](OC(=O)c1ccc2nccnc2c1)c1ccccc1. The van der Waals surface area contributed by atoms with Crippen LogP contribution in [-0.4, -0.2) is 40.8 Å². The molecule has 0 aliphatic carbocycles. The molecule has 1 aromatic heterocycles. The second kappa shape index (κ2) is 7.09. The topological polar surface area (TPSA) is 72.4 Å². The molecule has 0 fully saturated rings. The number of amides is 1. The van der Waals surface area contributed by atoms with Crippen molar-refractivity contribution in [2.45, 2.75) is 6.10 Å². The number of aromatic nitrogens is 2. The molecular formula is C19H17N3O3. The number of rotatable bonds is 4. The molecule has 0 bridgehead atoms. The van der Waals surface area contributed by atoms with Gasteiger partial charge in [0, 0.05) is 32.1 Å². The zero-order chi connectivity index (χ0) is 17.8. The van der Waals surface area contributed by atoms with Crippen LogP contribution in [0.15, 0.2) is 60.9 Å². The molecule has 0 radical (unpaired) electrons. The molecule has 3 aromatic rings. The number of benzene rings is 2. The highest BCUT2D eigenvalue weighted by Crippen LogP contribution is 2.22. The van der Waals surface area contributed by atoms with E-state index in [2.05, 4.69) is 9.97 Å². The van der Waals surface area contributed by atoms with Crippen LogP contribution in [0.1, 0.15) is 22.0 Å². The zero-order valence-electron chi connectivity index (χ0n) is 13.9. The summed E-state index contributed by atoms with van der Waals surface area (Å²) in [7, 11) is 3.25. The second-order valence-corrected chi connectivity index (χ2v) is 5.69. The van der Waals surface area contributed by atoms with Gasteiger partial charge in [-0.15, -0.1) is 0 Å². The van der Waals surface area contributed by atoms with Gasteiger partial charge in [-0.1, -0.05) is 30.3 Å². The Balaban J connectivity index is 1.90. The van der Waals surface area contributed by atoms with Gasteiger partial charge in [-0.05, 0) is 18.2 Å². The molecule has 1 atom stereocenters. The Kier molecular flexibility index (Phi) is 4.70. The number of carbonyl (C=O) groups excluding carboxylic acids is 2. The molecular weight excluding hydrogens is 318 g/mol. The summed E-state index contributed by atoms with van der Waals surface area (Å²) < 4.78 is 5.52. The average Bonchev–Trinajstić information content (AvgIpc) is 2.65. The third-order valence-electron chi connectivity index (χ3n) is 3.70. The van der Waals surface area contributed by atoms with E-state index in [0.717, 1.165) is 0 Å². The maximum absolute atomic E-state index is 12.6. The lowest BCUT2D eigenvalue weighted by Gasteiger charge is -2.21. The lowest BCUT2D eigenvalue weighted by atomic mass is 10.1. The molecule has 126 valence electrons. The van der Waals surface area contributed by atoms with E-state index in [-0.39, 0.29) is 5.91 Å². The molecule has 6 heteroatoms. The van der Waals surface area contributed by atoms with E-state index in [4.69, 9.17) is 4.74 Å². The Bertz CT molecular complexity index is 910. The molecule has 0 aliphatic rings. The van der Waals surface area contributed by atoms with Crippen LogP contribution in [0.25, 0.3) is 11.0 Å². The highest BCUT2D eigenvalue weighted by atomic mass is 16.5. The predicted molar refractivity (Wildman–Crippen MR) is 92.8 cm³/mol. The summed E-state index contributed by atoms with van der Waals surface area (Å²) in [6.45, 7) is 0. The molecule has 0 aliphatic heterocycles. The largest absolute Gasteiger partial charge is 0.444 e. The fraction of sp³-hybridized carbons (Fsp3) is 0.158. The first-order valence-electron chi connectivity index (χ1n) is 7.74. The predicted octanol–water partition coefficient (Wildman–Crippen LogP) is 2.62. The number of hydrogen-bond donors (Lipinski definition) is 0. The van der Waals surface area contributed by atoms with Gasteiger partial charge in [-0.2, -0.15) is 0 Å². The Morgan fingerprint density at radius 3 is 2.32 bits per heavy atom. The van der Waals surface area contributed by atoms with Gasteiger partial charge in [0.15, 0.2) is 0 Å². The number of hydrogen-bond acceptors (Lipinski definition) is 5. The first-order valence-corrected chi connectivity index (χ1v) is 7.74. The van der Waals surface area contributed by atoms with E-state index in [9.17, 15) is 9.59 Å². The highest BCUT2D eigenvalue weighted by molar-refractivity contribution is 5.95. The molecule has 1 amide bonds. The van der Waals surface area contributed by atoms with Gasteiger partial charge in [0.25, 0.3) is 5.91 Å². The van der Waals surface area contributed by atoms with Crippen molar-refractivity contribution in [3.05, 3.63) is 72.1 Å². The van der Waals surface area contributed by atoms with Crippen molar-refractivity contribution >= 4 is 22.9 Å². The third-order valence-corrected chi connectivity index (χ3v) is 3.70. The number of nitrogens with zero attached hydrogens (tertiary/aromatic N) is 3. The maximum atomic E-state index is 12.6. The zero-order valence-corrected chi connectivity index (χ0v) is 13.9. The van der Waals surface area contributed by atoms with Crippen LogP contribution in [0, 0.1) is 0 Å². The summed E-state index contributed by atoms with van der Waals surface area (Å²) in [4.78, 5) is 34.8. The van der Waals surface area contributed by atoms with Crippen molar-refractivity contribution in [2.24, 2.45) is 0 Å². The molecule has 2 aromatic carbocycles. The van der Waals surface area contributed by atoms with Gasteiger partial charge in [0.1, 0.15) is 0 Å². The van der Waals surface area contributed by atoms with E-state index >= 15 is 0 Å². The highest BCUT2D eigenvalue weighted by Gasteiger charge is 2.27. The van der Waals surface area contributed by atoms with Crippen LogP contribution < -0.4 is 0 Å². The number of fused-ring (bicyclic) bond motifs is 1. The van der Waals surface area contributed by atoms with Crippen LogP contribution in [0.5, 0.6) is 0 Å². The van der Waals surface area contributed by atoms with Gasteiger partial charge in [-0.25, -0.2) is 4.79 Å². The van der Waals surface area contributed by atoms with Crippen molar-refractivity contribution in [3.63, 3.8) is 0 Å². The summed E-state index contributed by atoms with van der Waals surface area (Å²) in [5.41, 5.74) is 2.21. The van der Waals surface area contributed by atoms with Crippen molar-refractivity contribution in [2.75, 3.05) is 14.1 Å². The van der Waals surface area contributed by atoms with Gasteiger partial charge in [0.05, 0.1) is 16.6 Å². The summed E-state index contributed by atoms with van der Waals surface area (Å²) in [6, 6.07) is 13.9. The summed E-state index contributed by atoms with van der Waals surface area (Å²) in [6.07, 6.45) is 2.14. The molecule has 6 nitrogen and oxygen atoms in total. The number of ether oxygens (including phenoxy) is 1. The first-order chi connectivity index (χ1) is 12.1. The number of esters is 1. The van der Waals surface area contributed by atoms with Crippen molar-refractivity contribution in [1.82, 2.24) is 14.9 Å². The molecule has 3 rings (SSSR count). The van der Waals surface area contributed by atoms with E-state index in [0.29, 0.717) is 22.2 Å². The van der Waals surface area contributed by atoms with Crippen LogP contribution in [0.3, 0.4) is 0 Å². The monoisotopic (exact) mass is 335 g/mol. The first kappa shape index (κ1) is 16.6. The Morgan fingerprint density at radius 2 is 1.64 bits per heavy atom. The second-order valence-electron chi connectivity index (χ2n) is 5.69. The standard InChI is InChI=1S/C19H17N3O3/c1-22(2)18(23)17(13-6-4-3-5-7-13)25-19(24)14-8-9-15-16(12-14)21-11-10-20-15/h3-12,17H,1-2H3/t17-/m0/s1. The molecule has 0 spiro atoms. The average molecular weight is 335 g/mol. The Labute approximate surface area is 145 Å². The van der Waals surface area contributed by atoms with Crippen molar-refractivity contribution in [3.8, 4) is 0 Å². The van der Waals surface area contributed by atoms with Crippen molar-refractivity contribution in [1.29, 1.82) is 0 Å². The van der Waals surface area contributed by atoms with Gasteiger partial charge >= 0.3 is 5.97 Å². The molecule has 0 N–H and O–H groups in total. The summed E-state index contributed by atoms with van der Waals surface area (Å²) in [5.74, 6) is -0.892. The molecule has 0 saturated heterocycles.